The molecule has 1 aromatic carbocycles. The first-order valence-corrected chi connectivity index (χ1v) is 7.39. The number of hydrogen-bond acceptors (Lipinski definition) is 3. The van der Waals surface area contributed by atoms with Crippen molar-refractivity contribution in [3.05, 3.63) is 26.6 Å². The minimum Gasteiger partial charge on any atom is -0.481 e. The van der Waals surface area contributed by atoms with Crippen molar-refractivity contribution in [2.75, 3.05) is 20.3 Å². The number of nitrogens with one attached hydrogen (secondary N) is 1. The van der Waals surface area contributed by atoms with Crippen LogP contribution in [0.15, 0.2) is 21.1 Å². The van der Waals surface area contributed by atoms with E-state index in [4.69, 9.17) is 9.47 Å². The molecule has 1 amide bonds. The molecule has 0 radical (unpaired) electrons. The van der Waals surface area contributed by atoms with Gasteiger partial charge in [0.2, 0.25) is 0 Å². The average molecular weight is 395 g/mol. The van der Waals surface area contributed by atoms with E-state index >= 15 is 0 Å². The predicted molar refractivity (Wildman–Crippen MR) is 81.6 cm³/mol. The Bertz CT molecular complexity index is 429. The summed E-state index contributed by atoms with van der Waals surface area (Å²) in [6.07, 6.45) is 0. The summed E-state index contributed by atoms with van der Waals surface area (Å²) in [7, 11) is 1.60. The van der Waals surface area contributed by atoms with Crippen molar-refractivity contribution in [1.29, 1.82) is 0 Å². The zero-order chi connectivity index (χ0) is 14.4. The Hall–Kier alpha value is -0.590. The smallest absolute Gasteiger partial charge is 0.258 e. The predicted octanol–water partition coefficient (Wildman–Crippen LogP) is 3.05. The molecule has 0 bridgehead atoms. The Morgan fingerprint density at radius 2 is 1.95 bits per heavy atom. The molecule has 1 rings (SSSR count). The van der Waals surface area contributed by atoms with Gasteiger partial charge < -0.3 is 14.8 Å². The molecule has 0 aliphatic rings. The number of rotatable bonds is 6. The van der Waals surface area contributed by atoms with Gasteiger partial charge in [-0.2, -0.15) is 0 Å². The van der Waals surface area contributed by atoms with Crippen LogP contribution in [0.5, 0.6) is 5.75 Å². The van der Waals surface area contributed by atoms with Crippen LogP contribution in [0.2, 0.25) is 0 Å². The zero-order valence-corrected chi connectivity index (χ0v) is 14.3. The van der Waals surface area contributed by atoms with Gasteiger partial charge in [-0.05, 0) is 63.4 Å². The second-order valence-corrected chi connectivity index (χ2v) is 5.98. The lowest BCUT2D eigenvalue weighted by Gasteiger charge is -2.14. The Labute approximate surface area is 130 Å². The first-order valence-electron chi connectivity index (χ1n) is 5.80. The molecule has 0 saturated carbocycles. The minimum absolute atomic E-state index is 0.0334. The van der Waals surface area contributed by atoms with E-state index in [9.17, 15) is 4.79 Å². The molecule has 0 unspecified atom stereocenters. The van der Waals surface area contributed by atoms with Gasteiger partial charge in [0, 0.05) is 13.2 Å². The Morgan fingerprint density at radius 3 is 2.47 bits per heavy atom. The maximum Gasteiger partial charge on any atom is 0.258 e. The van der Waals surface area contributed by atoms with Gasteiger partial charge in [0.1, 0.15) is 5.75 Å². The number of aryl methyl sites for hydroxylation is 1. The van der Waals surface area contributed by atoms with Crippen molar-refractivity contribution in [3.8, 4) is 5.75 Å². The van der Waals surface area contributed by atoms with E-state index in [0.717, 1.165) is 14.5 Å². The largest absolute Gasteiger partial charge is 0.481 e. The van der Waals surface area contributed by atoms with Gasteiger partial charge >= 0.3 is 0 Å². The SMILES string of the molecule is COC[C@@H](C)NC(=O)COc1c(Br)cc(C)cc1Br. The number of benzene rings is 1. The quantitative estimate of drug-likeness (QED) is 0.806. The summed E-state index contributed by atoms with van der Waals surface area (Å²) in [6, 6.07) is 3.84. The fourth-order valence-electron chi connectivity index (χ4n) is 1.57. The highest BCUT2D eigenvalue weighted by Gasteiger charge is 2.11. The molecule has 106 valence electrons. The van der Waals surface area contributed by atoms with E-state index in [2.05, 4.69) is 37.2 Å². The van der Waals surface area contributed by atoms with Crippen molar-refractivity contribution < 1.29 is 14.3 Å². The maximum absolute atomic E-state index is 11.7. The van der Waals surface area contributed by atoms with Gasteiger partial charge in [-0.3, -0.25) is 4.79 Å². The third-order valence-corrected chi connectivity index (χ3v) is 3.49. The van der Waals surface area contributed by atoms with Crippen LogP contribution in [0.25, 0.3) is 0 Å². The summed E-state index contributed by atoms with van der Waals surface area (Å²) >= 11 is 6.83. The van der Waals surface area contributed by atoms with Crippen molar-refractivity contribution in [2.45, 2.75) is 19.9 Å². The van der Waals surface area contributed by atoms with Gasteiger partial charge in [-0.25, -0.2) is 0 Å². The van der Waals surface area contributed by atoms with E-state index < -0.39 is 0 Å². The highest BCUT2D eigenvalue weighted by Crippen LogP contribution is 2.34. The van der Waals surface area contributed by atoms with Crippen LogP contribution in [0.4, 0.5) is 0 Å². The molecule has 0 fully saturated rings. The number of amides is 1. The molecule has 0 aliphatic heterocycles. The second kappa shape index (κ2) is 7.87. The molecule has 0 saturated heterocycles. The zero-order valence-electron chi connectivity index (χ0n) is 11.1. The summed E-state index contributed by atoms with van der Waals surface area (Å²) in [5.74, 6) is 0.448. The number of halogens is 2. The Balaban J connectivity index is 2.55. The fourth-order valence-corrected chi connectivity index (χ4v) is 3.21. The van der Waals surface area contributed by atoms with Gasteiger partial charge in [0.25, 0.3) is 5.91 Å². The third kappa shape index (κ3) is 5.50. The number of carbonyl (C=O) groups excluding carboxylic acids is 1. The molecule has 4 nitrogen and oxygen atoms in total. The van der Waals surface area contributed by atoms with Crippen molar-refractivity contribution in [2.24, 2.45) is 0 Å². The second-order valence-electron chi connectivity index (χ2n) is 4.27. The molecule has 6 heteroatoms. The molecule has 0 heterocycles. The Kier molecular flexibility index (Phi) is 6.82. The maximum atomic E-state index is 11.7. The summed E-state index contributed by atoms with van der Waals surface area (Å²) in [4.78, 5) is 11.7. The monoisotopic (exact) mass is 393 g/mol. The topological polar surface area (TPSA) is 47.6 Å². The molecule has 19 heavy (non-hydrogen) atoms. The van der Waals surface area contributed by atoms with E-state index in [1.54, 1.807) is 7.11 Å². The van der Waals surface area contributed by atoms with E-state index in [-0.39, 0.29) is 18.6 Å². The lowest BCUT2D eigenvalue weighted by molar-refractivity contribution is -0.124. The summed E-state index contributed by atoms with van der Waals surface area (Å²) in [6.45, 7) is 4.30. The van der Waals surface area contributed by atoms with Crippen LogP contribution in [-0.2, 0) is 9.53 Å². The molecule has 1 N–H and O–H groups in total. The van der Waals surface area contributed by atoms with Crippen LogP contribution in [-0.4, -0.2) is 32.3 Å². The normalized spacial score (nSPS) is 12.1. The first kappa shape index (κ1) is 16.5. The van der Waals surface area contributed by atoms with Gasteiger partial charge in [0.05, 0.1) is 15.6 Å². The van der Waals surface area contributed by atoms with E-state index in [0.29, 0.717) is 12.4 Å². The van der Waals surface area contributed by atoms with Crippen LogP contribution in [0, 0.1) is 6.92 Å². The fraction of sp³-hybridized carbons (Fsp3) is 0.462. The van der Waals surface area contributed by atoms with Gasteiger partial charge in [-0.15, -0.1) is 0 Å². The lowest BCUT2D eigenvalue weighted by Crippen LogP contribution is -2.38. The lowest BCUT2D eigenvalue weighted by atomic mass is 10.2. The molecular weight excluding hydrogens is 378 g/mol. The van der Waals surface area contributed by atoms with Crippen LogP contribution in [0.3, 0.4) is 0 Å². The van der Waals surface area contributed by atoms with Crippen LogP contribution >= 0.6 is 31.9 Å². The summed E-state index contributed by atoms with van der Waals surface area (Å²) < 4.78 is 12.1. The van der Waals surface area contributed by atoms with Crippen molar-refractivity contribution in [3.63, 3.8) is 0 Å². The molecule has 1 atom stereocenters. The van der Waals surface area contributed by atoms with Gasteiger partial charge in [-0.1, -0.05) is 0 Å². The van der Waals surface area contributed by atoms with Crippen LogP contribution in [0.1, 0.15) is 12.5 Å². The molecule has 1 aromatic rings. The van der Waals surface area contributed by atoms with Gasteiger partial charge in [0.15, 0.2) is 6.61 Å². The summed E-state index contributed by atoms with van der Waals surface area (Å²) in [5.41, 5.74) is 1.10. The highest BCUT2D eigenvalue weighted by atomic mass is 79.9. The Morgan fingerprint density at radius 1 is 1.37 bits per heavy atom. The standard InChI is InChI=1S/C13H17Br2NO3/c1-8-4-10(14)13(11(15)5-8)19-7-12(17)16-9(2)6-18-3/h4-5,9H,6-7H2,1-3H3,(H,16,17)/t9-/m1/s1. The third-order valence-electron chi connectivity index (χ3n) is 2.31. The average Bonchev–Trinajstić information content (AvgIpc) is 2.27. The molecular formula is C13H17Br2NO3. The number of ether oxygens (including phenoxy) is 2. The number of methoxy groups -OCH3 is 1. The minimum atomic E-state index is -0.177. The first-order chi connectivity index (χ1) is 8.93. The van der Waals surface area contributed by atoms with Crippen molar-refractivity contribution in [1.82, 2.24) is 5.32 Å². The molecule has 0 aliphatic carbocycles. The number of carbonyl (C=O) groups is 1. The van der Waals surface area contributed by atoms with Crippen LogP contribution < -0.4 is 10.1 Å². The van der Waals surface area contributed by atoms with E-state index in [1.165, 1.54) is 0 Å². The van der Waals surface area contributed by atoms with Crippen molar-refractivity contribution >= 4 is 37.8 Å². The molecule has 0 spiro atoms. The summed E-state index contributed by atoms with van der Waals surface area (Å²) in [5, 5.41) is 2.78. The number of hydrogen-bond donors (Lipinski definition) is 1. The molecule has 0 aromatic heterocycles. The van der Waals surface area contributed by atoms with E-state index in [1.807, 2.05) is 26.0 Å². The highest BCUT2D eigenvalue weighted by molar-refractivity contribution is 9.11.